The maximum atomic E-state index is 11.3. The molecule has 0 heterocycles. The molecule has 0 bridgehead atoms. The van der Waals surface area contributed by atoms with Crippen molar-refractivity contribution < 1.29 is 9.53 Å². The second-order valence-corrected chi connectivity index (χ2v) is 5.14. The first kappa shape index (κ1) is 14.1. The van der Waals surface area contributed by atoms with Crippen LogP contribution in [0.3, 0.4) is 0 Å². The van der Waals surface area contributed by atoms with E-state index in [0.29, 0.717) is 6.61 Å². The minimum atomic E-state index is -0.00449. The molecule has 1 aliphatic rings. The van der Waals surface area contributed by atoms with Gasteiger partial charge in [0.1, 0.15) is 0 Å². The minimum Gasteiger partial charge on any atom is -0.465 e. The molecule has 0 aliphatic heterocycles. The highest BCUT2D eigenvalue weighted by Gasteiger charge is 2.30. The Bertz CT molecular complexity index is 396. The standard InChI is InChI=1S/C16H23NO2/c1-2-13-4-6-14(7-5-13)12-17-10-3-11-19-16(18)15-8-9-15/h4-7,15,17H,2-3,8-12H2,1H3. The Labute approximate surface area is 115 Å². The van der Waals surface area contributed by atoms with E-state index in [-0.39, 0.29) is 11.9 Å². The molecule has 1 N–H and O–H groups in total. The maximum absolute atomic E-state index is 11.3. The number of carbonyl (C=O) groups excluding carboxylic acids is 1. The summed E-state index contributed by atoms with van der Waals surface area (Å²) in [5.41, 5.74) is 2.67. The summed E-state index contributed by atoms with van der Waals surface area (Å²) >= 11 is 0. The quantitative estimate of drug-likeness (QED) is 0.577. The van der Waals surface area contributed by atoms with Gasteiger partial charge in [-0.15, -0.1) is 0 Å². The zero-order chi connectivity index (χ0) is 13.5. The van der Waals surface area contributed by atoms with E-state index in [1.165, 1.54) is 11.1 Å². The molecule has 3 nitrogen and oxygen atoms in total. The van der Waals surface area contributed by atoms with Crippen molar-refractivity contribution in [3.8, 4) is 0 Å². The summed E-state index contributed by atoms with van der Waals surface area (Å²) < 4.78 is 5.17. The monoisotopic (exact) mass is 261 g/mol. The topological polar surface area (TPSA) is 38.3 Å². The van der Waals surface area contributed by atoms with E-state index in [2.05, 4.69) is 36.5 Å². The van der Waals surface area contributed by atoms with E-state index in [9.17, 15) is 4.79 Å². The van der Waals surface area contributed by atoms with Gasteiger partial charge in [0.25, 0.3) is 0 Å². The molecule has 1 aromatic rings. The van der Waals surface area contributed by atoms with Gasteiger partial charge in [-0.25, -0.2) is 0 Å². The van der Waals surface area contributed by atoms with E-state index in [0.717, 1.165) is 38.8 Å². The Balaban J connectivity index is 1.52. The van der Waals surface area contributed by atoms with Gasteiger partial charge in [0, 0.05) is 6.54 Å². The van der Waals surface area contributed by atoms with Gasteiger partial charge in [-0.2, -0.15) is 0 Å². The molecule has 1 aliphatic carbocycles. The molecule has 0 unspecified atom stereocenters. The summed E-state index contributed by atoms with van der Waals surface area (Å²) in [7, 11) is 0. The first-order chi connectivity index (χ1) is 9.29. The number of esters is 1. The molecule has 1 saturated carbocycles. The zero-order valence-electron chi connectivity index (χ0n) is 11.7. The molecule has 0 spiro atoms. The summed E-state index contributed by atoms with van der Waals surface area (Å²) in [6, 6.07) is 8.68. The molecule has 104 valence electrons. The Morgan fingerprint density at radius 2 is 1.95 bits per heavy atom. The van der Waals surface area contributed by atoms with Gasteiger partial charge in [0.2, 0.25) is 0 Å². The number of carbonyl (C=O) groups is 1. The Morgan fingerprint density at radius 1 is 1.26 bits per heavy atom. The van der Waals surface area contributed by atoms with Gasteiger partial charge in [0.05, 0.1) is 12.5 Å². The van der Waals surface area contributed by atoms with Crippen LogP contribution in [0.2, 0.25) is 0 Å². The van der Waals surface area contributed by atoms with E-state index in [1.807, 2.05) is 0 Å². The van der Waals surface area contributed by atoms with Crippen molar-refractivity contribution in [2.45, 2.75) is 39.2 Å². The van der Waals surface area contributed by atoms with Crippen molar-refractivity contribution in [3.05, 3.63) is 35.4 Å². The van der Waals surface area contributed by atoms with Crippen LogP contribution < -0.4 is 5.32 Å². The predicted octanol–water partition coefficient (Wildman–Crippen LogP) is 2.68. The van der Waals surface area contributed by atoms with Gasteiger partial charge in [-0.3, -0.25) is 4.79 Å². The fraction of sp³-hybridized carbons (Fsp3) is 0.562. The smallest absolute Gasteiger partial charge is 0.308 e. The molecule has 0 radical (unpaired) electrons. The van der Waals surface area contributed by atoms with Crippen molar-refractivity contribution >= 4 is 5.97 Å². The Morgan fingerprint density at radius 3 is 2.58 bits per heavy atom. The van der Waals surface area contributed by atoms with Crippen molar-refractivity contribution in [2.24, 2.45) is 5.92 Å². The van der Waals surface area contributed by atoms with Gasteiger partial charge in [0.15, 0.2) is 0 Å². The van der Waals surface area contributed by atoms with Gasteiger partial charge < -0.3 is 10.1 Å². The van der Waals surface area contributed by atoms with Crippen LogP contribution in [0.25, 0.3) is 0 Å². The van der Waals surface area contributed by atoms with Crippen LogP contribution in [-0.4, -0.2) is 19.1 Å². The fourth-order valence-electron chi connectivity index (χ4n) is 1.93. The molecular weight excluding hydrogens is 238 g/mol. The molecule has 2 rings (SSSR count). The average Bonchev–Trinajstić information content (AvgIpc) is 3.27. The lowest BCUT2D eigenvalue weighted by Crippen LogP contribution is -2.17. The minimum absolute atomic E-state index is 0.00449. The predicted molar refractivity (Wildman–Crippen MR) is 75.8 cm³/mol. The highest BCUT2D eigenvalue weighted by molar-refractivity contribution is 5.74. The number of hydrogen-bond acceptors (Lipinski definition) is 3. The fourth-order valence-corrected chi connectivity index (χ4v) is 1.93. The largest absolute Gasteiger partial charge is 0.465 e. The van der Waals surface area contributed by atoms with Gasteiger partial charge in [-0.05, 0) is 43.4 Å². The molecule has 0 saturated heterocycles. The summed E-state index contributed by atoms with van der Waals surface area (Å²) in [5.74, 6) is 0.209. The van der Waals surface area contributed by atoms with Crippen LogP contribution in [0.1, 0.15) is 37.3 Å². The number of ether oxygens (including phenoxy) is 1. The molecular formula is C16H23NO2. The summed E-state index contributed by atoms with van der Waals surface area (Å²) in [6.07, 6.45) is 4.00. The van der Waals surface area contributed by atoms with Crippen molar-refractivity contribution in [1.82, 2.24) is 5.32 Å². The van der Waals surface area contributed by atoms with E-state index >= 15 is 0 Å². The van der Waals surface area contributed by atoms with Gasteiger partial charge >= 0.3 is 5.97 Å². The second kappa shape index (κ2) is 7.29. The van der Waals surface area contributed by atoms with Crippen molar-refractivity contribution in [2.75, 3.05) is 13.2 Å². The van der Waals surface area contributed by atoms with Crippen LogP contribution in [0, 0.1) is 5.92 Å². The van der Waals surface area contributed by atoms with Crippen LogP contribution in [0.15, 0.2) is 24.3 Å². The number of aryl methyl sites for hydroxylation is 1. The summed E-state index contributed by atoms with van der Waals surface area (Å²) in [4.78, 5) is 11.3. The number of nitrogens with one attached hydrogen (secondary N) is 1. The van der Waals surface area contributed by atoms with Crippen molar-refractivity contribution in [1.29, 1.82) is 0 Å². The molecule has 0 aromatic heterocycles. The average molecular weight is 261 g/mol. The number of benzene rings is 1. The first-order valence-corrected chi connectivity index (χ1v) is 7.24. The van der Waals surface area contributed by atoms with Crippen molar-refractivity contribution in [3.63, 3.8) is 0 Å². The highest BCUT2D eigenvalue weighted by Crippen LogP contribution is 2.29. The zero-order valence-corrected chi connectivity index (χ0v) is 11.7. The van der Waals surface area contributed by atoms with E-state index < -0.39 is 0 Å². The van der Waals surface area contributed by atoms with Crippen LogP contribution in [0.5, 0.6) is 0 Å². The summed E-state index contributed by atoms with van der Waals surface area (Å²) in [6.45, 7) is 4.46. The molecule has 0 atom stereocenters. The lowest BCUT2D eigenvalue weighted by atomic mass is 10.1. The lowest BCUT2D eigenvalue weighted by molar-refractivity contribution is -0.145. The lowest BCUT2D eigenvalue weighted by Gasteiger charge is -2.06. The third-order valence-electron chi connectivity index (χ3n) is 3.41. The van der Waals surface area contributed by atoms with Crippen LogP contribution >= 0.6 is 0 Å². The van der Waals surface area contributed by atoms with Gasteiger partial charge in [-0.1, -0.05) is 31.2 Å². The van der Waals surface area contributed by atoms with E-state index in [1.54, 1.807) is 0 Å². The molecule has 3 heteroatoms. The summed E-state index contributed by atoms with van der Waals surface area (Å²) in [5, 5.41) is 3.37. The molecule has 1 aromatic carbocycles. The third kappa shape index (κ3) is 5.03. The molecule has 0 amide bonds. The number of hydrogen-bond donors (Lipinski definition) is 1. The van der Waals surface area contributed by atoms with Crippen LogP contribution in [-0.2, 0) is 22.5 Å². The Hall–Kier alpha value is -1.35. The normalized spacial score (nSPS) is 14.4. The SMILES string of the molecule is CCc1ccc(CNCCCOC(=O)C2CC2)cc1. The Kier molecular flexibility index (Phi) is 5.40. The van der Waals surface area contributed by atoms with Crippen LogP contribution in [0.4, 0.5) is 0 Å². The van der Waals surface area contributed by atoms with E-state index in [4.69, 9.17) is 4.74 Å². The first-order valence-electron chi connectivity index (χ1n) is 7.24. The maximum Gasteiger partial charge on any atom is 0.308 e. The molecule has 1 fully saturated rings. The molecule has 19 heavy (non-hydrogen) atoms. The second-order valence-electron chi connectivity index (χ2n) is 5.14. The number of rotatable bonds is 8. The third-order valence-corrected chi connectivity index (χ3v) is 3.41. The highest BCUT2D eigenvalue weighted by atomic mass is 16.5.